The Labute approximate surface area is 96.8 Å². The molecule has 0 radical (unpaired) electrons. The van der Waals surface area contributed by atoms with E-state index in [1.165, 1.54) is 57.8 Å². The second-order valence-corrected chi connectivity index (χ2v) is 5.44. The molecule has 90 valence electrons. The molecule has 1 rings (SSSR count). The highest BCUT2D eigenvalue weighted by atomic mass is 14.3. The van der Waals surface area contributed by atoms with E-state index in [1.54, 1.807) is 12.8 Å². The molecule has 1 fully saturated rings. The molecule has 15 heavy (non-hydrogen) atoms. The lowest BCUT2D eigenvalue weighted by Gasteiger charge is -2.23. The van der Waals surface area contributed by atoms with Crippen molar-refractivity contribution in [3.8, 4) is 0 Å². The van der Waals surface area contributed by atoms with E-state index in [-0.39, 0.29) is 0 Å². The zero-order chi connectivity index (χ0) is 10.9. The summed E-state index contributed by atoms with van der Waals surface area (Å²) in [6.45, 7) is 4.65. The van der Waals surface area contributed by atoms with Crippen molar-refractivity contribution in [2.75, 3.05) is 0 Å². The van der Waals surface area contributed by atoms with Crippen LogP contribution in [0.1, 0.15) is 84.5 Å². The maximum absolute atomic E-state index is 2.33. The number of hydrogen-bond donors (Lipinski definition) is 0. The molecule has 0 spiro atoms. The summed E-state index contributed by atoms with van der Waals surface area (Å²) in [5.41, 5.74) is 0. The quantitative estimate of drug-likeness (QED) is 0.460. The highest BCUT2D eigenvalue weighted by Gasteiger charge is 2.23. The molecule has 0 heterocycles. The molecule has 1 unspecified atom stereocenters. The van der Waals surface area contributed by atoms with Crippen LogP contribution < -0.4 is 0 Å². The Morgan fingerprint density at radius 1 is 0.867 bits per heavy atom. The summed E-state index contributed by atoms with van der Waals surface area (Å²) >= 11 is 0. The first kappa shape index (κ1) is 13.1. The summed E-state index contributed by atoms with van der Waals surface area (Å²) in [4.78, 5) is 0. The molecule has 0 nitrogen and oxygen atoms in total. The molecule has 1 saturated carbocycles. The van der Waals surface area contributed by atoms with E-state index in [0.717, 1.165) is 11.8 Å². The Morgan fingerprint density at radius 3 is 2.07 bits per heavy atom. The predicted molar refractivity (Wildman–Crippen MR) is 69.1 cm³/mol. The Morgan fingerprint density at radius 2 is 1.47 bits per heavy atom. The molecular formula is C15H30. The Hall–Kier alpha value is 0. The minimum Gasteiger partial charge on any atom is -0.0654 e. The number of hydrogen-bond acceptors (Lipinski definition) is 0. The average molecular weight is 210 g/mol. The van der Waals surface area contributed by atoms with Gasteiger partial charge in [0.2, 0.25) is 0 Å². The van der Waals surface area contributed by atoms with Crippen LogP contribution in [0.5, 0.6) is 0 Å². The van der Waals surface area contributed by atoms with Gasteiger partial charge < -0.3 is 0 Å². The Balaban J connectivity index is 2.23. The van der Waals surface area contributed by atoms with E-state index < -0.39 is 0 Å². The lowest BCUT2D eigenvalue weighted by atomic mass is 9.83. The summed E-state index contributed by atoms with van der Waals surface area (Å²) in [7, 11) is 0. The van der Waals surface area contributed by atoms with Gasteiger partial charge in [-0.3, -0.25) is 0 Å². The average Bonchev–Trinajstić information content (AvgIpc) is 2.76. The fourth-order valence-electron chi connectivity index (χ4n) is 3.17. The third-order valence-corrected chi connectivity index (χ3v) is 4.17. The predicted octanol–water partition coefficient (Wildman–Crippen LogP) is 5.56. The van der Waals surface area contributed by atoms with Gasteiger partial charge >= 0.3 is 0 Å². The fraction of sp³-hybridized carbons (Fsp3) is 1.00. The standard InChI is InChI=1S/C15H30/c1-3-5-7-11-14(10-6-4-2)15-12-8-9-13-15/h14-15H,3-13H2,1-2H3. The van der Waals surface area contributed by atoms with Gasteiger partial charge in [-0.1, -0.05) is 84.5 Å². The first-order valence-corrected chi connectivity index (χ1v) is 7.38. The van der Waals surface area contributed by atoms with E-state index in [0.29, 0.717) is 0 Å². The molecule has 0 aliphatic heterocycles. The minimum absolute atomic E-state index is 1.08. The highest BCUT2D eigenvalue weighted by Crippen LogP contribution is 2.36. The summed E-state index contributed by atoms with van der Waals surface area (Å²) in [6, 6.07) is 0. The molecular weight excluding hydrogens is 180 g/mol. The Kier molecular flexibility index (Phi) is 7.13. The van der Waals surface area contributed by atoms with Gasteiger partial charge in [0.1, 0.15) is 0 Å². The lowest BCUT2D eigenvalue weighted by molar-refractivity contribution is 0.284. The summed E-state index contributed by atoms with van der Waals surface area (Å²) < 4.78 is 0. The van der Waals surface area contributed by atoms with Crippen molar-refractivity contribution in [3.05, 3.63) is 0 Å². The van der Waals surface area contributed by atoms with E-state index >= 15 is 0 Å². The molecule has 1 aliphatic carbocycles. The molecule has 0 aromatic rings. The molecule has 0 saturated heterocycles. The van der Waals surface area contributed by atoms with Crippen LogP contribution in [0.25, 0.3) is 0 Å². The third-order valence-electron chi connectivity index (χ3n) is 4.17. The van der Waals surface area contributed by atoms with Crippen molar-refractivity contribution in [3.63, 3.8) is 0 Å². The van der Waals surface area contributed by atoms with Gasteiger partial charge in [0.15, 0.2) is 0 Å². The molecule has 1 aliphatic rings. The van der Waals surface area contributed by atoms with E-state index in [1.807, 2.05) is 0 Å². The molecule has 0 bridgehead atoms. The summed E-state index contributed by atoms with van der Waals surface area (Å²) in [5, 5.41) is 0. The SMILES string of the molecule is CCCCCC(CCCC)C1CCCC1. The maximum Gasteiger partial charge on any atom is -0.0386 e. The van der Waals surface area contributed by atoms with Gasteiger partial charge in [-0.05, 0) is 11.8 Å². The van der Waals surface area contributed by atoms with Crippen LogP contribution in [0.2, 0.25) is 0 Å². The van der Waals surface area contributed by atoms with Crippen molar-refractivity contribution in [1.29, 1.82) is 0 Å². The van der Waals surface area contributed by atoms with Crippen molar-refractivity contribution in [1.82, 2.24) is 0 Å². The van der Waals surface area contributed by atoms with Crippen LogP contribution in [0.3, 0.4) is 0 Å². The van der Waals surface area contributed by atoms with Gasteiger partial charge in [-0.2, -0.15) is 0 Å². The van der Waals surface area contributed by atoms with Crippen LogP contribution in [0.4, 0.5) is 0 Å². The topological polar surface area (TPSA) is 0 Å². The lowest BCUT2D eigenvalue weighted by Crippen LogP contribution is -2.11. The molecule has 0 amide bonds. The first-order valence-electron chi connectivity index (χ1n) is 7.38. The van der Waals surface area contributed by atoms with Crippen LogP contribution in [0, 0.1) is 11.8 Å². The van der Waals surface area contributed by atoms with Crippen LogP contribution in [-0.2, 0) is 0 Å². The van der Waals surface area contributed by atoms with Gasteiger partial charge in [0.05, 0.1) is 0 Å². The summed E-state index contributed by atoms with van der Waals surface area (Å²) in [5.74, 6) is 2.19. The normalized spacial score (nSPS) is 19.6. The molecule has 0 aromatic heterocycles. The largest absolute Gasteiger partial charge is 0.0654 e. The van der Waals surface area contributed by atoms with Crippen molar-refractivity contribution in [2.24, 2.45) is 11.8 Å². The van der Waals surface area contributed by atoms with Crippen molar-refractivity contribution < 1.29 is 0 Å². The van der Waals surface area contributed by atoms with Crippen molar-refractivity contribution in [2.45, 2.75) is 84.5 Å². The van der Waals surface area contributed by atoms with Crippen molar-refractivity contribution >= 4 is 0 Å². The molecule has 0 N–H and O–H groups in total. The molecule has 1 atom stereocenters. The van der Waals surface area contributed by atoms with Gasteiger partial charge in [0, 0.05) is 0 Å². The highest BCUT2D eigenvalue weighted by molar-refractivity contribution is 4.75. The summed E-state index contributed by atoms with van der Waals surface area (Å²) in [6.07, 6.45) is 16.3. The van der Waals surface area contributed by atoms with Crippen LogP contribution in [-0.4, -0.2) is 0 Å². The van der Waals surface area contributed by atoms with E-state index in [9.17, 15) is 0 Å². The zero-order valence-electron chi connectivity index (χ0n) is 10.9. The van der Waals surface area contributed by atoms with E-state index in [4.69, 9.17) is 0 Å². The van der Waals surface area contributed by atoms with Crippen LogP contribution >= 0.6 is 0 Å². The van der Waals surface area contributed by atoms with Gasteiger partial charge in [-0.15, -0.1) is 0 Å². The second kappa shape index (κ2) is 8.19. The molecule has 0 aromatic carbocycles. The fourth-order valence-corrected chi connectivity index (χ4v) is 3.17. The first-order chi connectivity index (χ1) is 7.38. The minimum atomic E-state index is 1.08. The molecule has 0 heteroatoms. The number of rotatable bonds is 8. The number of unbranched alkanes of at least 4 members (excludes halogenated alkanes) is 3. The maximum atomic E-state index is 2.33. The van der Waals surface area contributed by atoms with E-state index in [2.05, 4.69) is 13.8 Å². The smallest absolute Gasteiger partial charge is 0.0386 e. The second-order valence-electron chi connectivity index (χ2n) is 5.44. The monoisotopic (exact) mass is 210 g/mol. The van der Waals surface area contributed by atoms with Gasteiger partial charge in [0.25, 0.3) is 0 Å². The van der Waals surface area contributed by atoms with Gasteiger partial charge in [-0.25, -0.2) is 0 Å². The van der Waals surface area contributed by atoms with Crippen LogP contribution in [0.15, 0.2) is 0 Å². The Bertz CT molecular complexity index is 133. The third kappa shape index (κ3) is 5.04. The zero-order valence-corrected chi connectivity index (χ0v) is 10.9.